The highest BCUT2D eigenvalue weighted by molar-refractivity contribution is 5.13. The van der Waals surface area contributed by atoms with E-state index in [-0.39, 0.29) is 18.2 Å². The second-order valence-corrected chi connectivity index (χ2v) is 5.35. The quantitative estimate of drug-likeness (QED) is 0.865. The van der Waals surface area contributed by atoms with Crippen LogP contribution >= 0.6 is 0 Å². The molecule has 1 aliphatic heterocycles. The van der Waals surface area contributed by atoms with Crippen molar-refractivity contribution in [3.63, 3.8) is 0 Å². The molecule has 5 nitrogen and oxygen atoms in total. The topological polar surface area (TPSA) is 56.3 Å². The SMILES string of the molecule is CC(N)C(c1cnn(C)c1)N(C)C1CCOC1C. The maximum absolute atomic E-state index is 6.17. The second kappa shape index (κ2) is 5.38. The van der Waals surface area contributed by atoms with Crippen LogP contribution in [0.3, 0.4) is 0 Å². The Morgan fingerprint density at radius 3 is 2.78 bits per heavy atom. The first kappa shape index (κ1) is 13.5. The molecule has 1 aromatic heterocycles. The third-order valence-corrected chi connectivity index (χ3v) is 3.86. The van der Waals surface area contributed by atoms with Gasteiger partial charge in [0.2, 0.25) is 0 Å². The summed E-state index contributed by atoms with van der Waals surface area (Å²) in [5.74, 6) is 0. The molecule has 1 fully saturated rings. The maximum atomic E-state index is 6.17. The lowest BCUT2D eigenvalue weighted by Gasteiger charge is -2.36. The fourth-order valence-electron chi connectivity index (χ4n) is 2.96. The van der Waals surface area contributed by atoms with Crippen molar-refractivity contribution >= 4 is 0 Å². The zero-order chi connectivity index (χ0) is 13.3. The van der Waals surface area contributed by atoms with Crippen molar-refractivity contribution in [1.29, 1.82) is 0 Å². The molecule has 4 atom stereocenters. The average Bonchev–Trinajstić information content (AvgIpc) is 2.87. The molecule has 0 saturated carbocycles. The Morgan fingerprint density at radius 1 is 1.61 bits per heavy atom. The van der Waals surface area contributed by atoms with E-state index >= 15 is 0 Å². The van der Waals surface area contributed by atoms with Crippen LogP contribution in [0.25, 0.3) is 0 Å². The van der Waals surface area contributed by atoms with Crippen molar-refractivity contribution in [3.8, 4) is 0 Å². The number of nitrogens with two attached hydrogens (primary N) is 1. The van der Waals surface area contributed by atoms with E-state index < -0.39 is 0 Å². The number of nitrogens with zero attached hydrogens (tertiary/aromatic N) is 3. The van der Waals surface area contributed by atoms with Gasteiger partial charge in [0.25, 0.3) is 0 Å². The van der Waals surface area contributed by atoms with Crippen molar-refractivity contribution in [2.24, 2.45) is 12.8 Å². The van der Waals surface area contributed by atoms with E-state index in [4.69, 9.17) is 10.5 Å². The Morgan fingerprint density at radius 2 is 2.33 bits per heavy atom. The molecule has 102 valence electrons. The van der Waals surface area contributed by atoms with Crippen molar-refractivity contribution in [1.82, 2.24) is 14.7 Å². The first-order valence-corrected chi connectivity index (χ1v) is 6.58. The molecule has 1 aromatic rings. The number of ether oxygens (including phenoxy) is 1. The Balaban J connectivity index is 2.19. The first-order chi connectivity index (χ1) is 8.50. The van der Waals surface area contributed by atoms with Crippen LogP contribution in [-0.4, -0.2) is 46.5 Å². The molecule has 1 saturated heterocycles. The highest BCUT2D eigenvalue weighted by Crippen LogP contribution is 2.29. The van der Waals surface area contributed by atoms with Gasteiger partial charge in [0.15, 0.2) is 0 Å². The standard InChI is InChI=1S/C13H24N4O/c1-9(14)13(11-7-15-16(3)8-11)17(4)12-5-6-18-10(12)2/h7-10,12-13H,5-6,14H2,1-4H3. The Labute approximate surface area is 109 Å². The van der Waals surface area contributed by atoms with Gasteiger partial charge < -0.3 is 10.5 Å². The number of hydrogen-bond donors (Lipinski definition) is 1. The molecular weight excluding hydrogens is 228 g/mol. The van der Waals surface area contributed by atoms with E-state index in [1.54, 1.807) is 0 Å². The number of rotatable bonds is 4. The van der Waals surface area contributed by atoms with Crippen LogP contribution in [0.2, 0.25) is 0 Å². The summed E-state index contributed by atoms with van der Waals surface area (Å²) < 4.78 is 7.48. The molecule has 0 amide bonds. The predicted molar refractivity (Wildman–Crippen MR) is 71.2 cm³/mol. The van der Waals surface area contributed by atoms with Gasteiger partial charge in [-0.15, -0.1) is 0 Å². The Kier molecular flexibility index (Phi) is 4.04. The van der Waals surface area contributed by atoms with E-state index in [0.29, 0.717) is 6.04 Å². The van der Waals surface area contributed by atoms with Gasteiger partial charge in [-0.1, -0.05) is 0 Å². The monoisotopic (exact) mass is 252 g/mol. The first-order valence-electron chi connectivity index (χ1n) is 6.58. The van der Waals surface area contributed by atoms with Crippen LogP contribution in [0, 0.1) is 0 Å². The van der Waals surface area contributed by atoms with E-state index in [9.17, 15) is 0 Å². The molecule has 2 rings (SSSR count). The minimum Gasteiger partial charge on any atom is -0.377 e. The average molecular weight is 252 g/mol. The van der Waals surface area contributed by atoms with Gasteiger partial charge in [0.05, 0.1) is 18.3 Å². The van der Waals surface area contributed by atoms with Crippen molar-refractivity contribution in [2.45, 2.75) is 44.5 Å². The highest BCUT2D eigenvalue weighted by atomic mass is 16.5. The minimum atomic E-state index is 0.0620. The van der Waals surface area contributed by atoms with Crippen LogP contribution in [0.5, 0.6) is 0 Å². The van der Waals surface area contributed by atoms with Gasteiger partial charge >= 0.3 is 0 Å². The van der Waals surface area contributed by atoms with E-state index in [0.717, 1.165) is 13.0 Å². The molecule has 1 aliphatic rings. The summed E-state index contributed by atoms with van der Waals surface area (Å²) >= 11 is 0. The third-order valence-electron chi connectivity index (χ3n) is 3.86. The normalized spacial score (nSPS) is 27.7. The molecule has 0 radical (unpaired) electrons. The predicted octanol–water partition coefficient (Wildman–Crippen LogP) is 0.918. The van der Waals surface area contributed by atoms with Gasteiger partial charge in [0, 0.05) is 37.5 Å². The number of likely N-dealkylation sites (N-methyl/N-ethyl adjacent to an activating group) is 1. The highest BCUT2D eigenvalue weighted by Gasteiger charge is 2.34. The van der Waals surface area contributed by atoms with Gasteiger partial charge in [-0.2, -0.15) is 5.10 Å². The van der Waals surface area contributed by atoms with Crippen LogP contribution in [0.15, 0.2) is 12.4 Å². The van der Waals surface area contributed by atoms with E-state index in [2.05, 4.69) is 30.9 Å². The smallest absolute Gasteiger partial charge is 0.0703 e. The molecule has 2 heterocycles. The number of aryl methyl sites for hydroxylation is 1. The van der Waals surface area contributed by atoms with Gasteiger partial charge in [-0.3, -0.25) is 9.58 Å². The summed E-state index contributed by atoms with van der Waals surface area (Å²) in [7, 11) is 4.07. The molecule has 18 heavy (non-hydrogen) atoms. The van der Waals surface area contributed by atoms with Crippen molar-refractivity contribution < 1.29 is 4.74 Å². The van der Waals surface area contributed by atoms with E-state index in [1.165, 1.54) is 5.56 Å². The van der Waals surface area contributed by atoms with Crippen molar-refractivity contribution in [2.75, 3.05) is 13.7 Å². The summed E-state index contributed by atoms with van der Waals surface area (Å²) in [4.78, 5) is 2.35. The molecule has 0 aliphatic carbocycles. The molecule has 5 heteroatoms. The lowest BCUT2D eigenvalue weighted by atomic mass is 9.99. The zero-order valence-corrected chi connectivity index (χ0v) is 11.7. The number of aromatic nitrogens is 2. The molecule has 0 aromatic carbocycles. The summed E-state index contributed by atoms with van der Waals surface area (Å²) in [5, 5.41) is 4.25. The van der Waals surface area contributed by atoms with Crippen LogP contribution in [0.4, 0.5) is 0 Å². The van der Waals surface area contributed by atoms with Crippen molar-refractivity contribution in [3.05, 3.63) is 18.0 Å². The van der Waals surface area contributed by atoms with Gasteiger partial charge in [0.1, 0.15) is 0 Å². The minimum absolute atomic E-state index is 0.0620. The van der Waals surface area contributed by atoms with Crippen LogP contribution in [-0.2, 0) is 11.8 Å². The Hall–Kier alpha value is -0.910. The molecule has 2 N–H and O–H groups in total. The second-order valence-electron chi connectivity index (χ2n) is 5.35. The van der Waals surface area contributed by atoms with Gasteiger partial charge in [-0.25, -0.2) is 0 Å². The summed E-state index contributed by atoms with van der Waals surface area (Å²) in [6, 6.07) is 0.682. The third kappa shape index (κ3) is 2.58. The van der Waals surface area contributed by atoms with Gasteiger partial charge in [-0.05, 0) is 27.3 Å². The molecule has 0 bridgehead atoms. The summed E-state index contributed by atoms with van der Waals surface area (Å²) in [6.45, 7) is 5.03. The van der Waals surface area contributed by atoms with E-state index in [1.807, 2.05) is 24.1 Å². The lowest BCUT2D eigenvalue weighted by Crippen LogP contribution is -2.45. The molecule has 4 unspecified atom stereocenters. The summed E-state index contributed by atoms with van der Waals surface area (Å²) in [6.07, 6.45) is 5.30. The van der Waals surface area contributed by atoms with Crippen LogP contribution < -0.4 is 5.73 Å². The molecule has 0 spiro atoms. The lowest BCUT2D eigenvalue weighted by molar-refractivity contribution is 0.0626. The fourth-order valence-corrected chi connectivity index (χ4v) is 2.96. The zero-order valence-electron chi connectivity index (χ0n) is 11.7. The van der Waals surface area contributed by atoms with Crippen LogP contribution in [0.1, 0.15) is 31.9 Å². The summed E-state index contributed by atoms with van der Waals surface area (Å²) in [5.41, 5.74) is 7.35. The Bertz CT molecular complexity index is 390. The molecular formula is C13H24N4O. The largest absolute Gasteiger partial charge is 0.377 e. The maximum Gasteiger partial charge on any atom is 0.0703 e. The fraction of sp³-hybridized carbons (Fsp3) is 0.769. The number of hydrogen-bond acceptors (Lipinski definition) is 4.